The van der Waals surface area contributed by atoms with Crippen LogP contribution in [0.1, 0.15) is 37.1 Å². The smallest absolute Gasteiger partial charge is 0.233 e. The van der Waals surface area contributed by atoms with E-state index in [0.717, 1.165) is 18.9 Å². The topological polar surface area (TPSA) is 54.2 Å². The first-order valence-corrected chi connectivity index (χ1v) is 5.46. The van der Waals surface area contributed by atoms with Gasteiger partial charge in [-0.05, 0) is 33.5 Å². The molecule has 1 unspecified atom stereocenters. The van der Waals surface area contributed by atoms with Gasteiger partial charge in [0.1, 0.15) is 0 Å². The fraction of sp³-hybridized carbons (Fsp3) is 0.800. The van der Waals surface area contributed by atoms with Crippen LogP contribution in [0.4, 0.5) is 0 Å². The van der Waals surface area contributed by atoms with Gasteiger partial charge < -0.3 is 14.6 Å². The van der Waals surface area contributed by atoms with Crippen molar-refractivity contribution in [2.45, 2.75) is 31.8 Å². The second-order valence-electron chi connectivity index (χ2n) is 4.27. The monoisotopic (exact) mass is 210 g/mol. The highest BCUT2D eigenvalue weighted by Crippen LogP contribution is 2.21. The molecule has 0 amide bonds. The summed E-state index contributed by atoms with van der Waals surface area (Å²) in [6, 6.07) is 0.266. The van der Waals surface area contributed by atoms with Crippen molar-refractivity contribution in [3.05, 3.63) is 11.8 Å². The summed E-state index contributed by atoms with van der Waals surface area (Å²) in [5.41, 5.74) is 0. The Morgan fingerprint density at radius 1 is 1.40 bits per heavy atom. The minimum atomic E-state index is 0.266. The first-order chi connectivity index (χ1) is 7.25. The standard InChI is InChI=1S/C10H18N4O/c1-14(2)7-9-12-13-10(15-9)8-5-3-4-6-11-8/h8,11H,3-7H2,1-2H3. The van der Waals surface area contributed by atoms with E-state index in [4.69, 9.17) is 4.42 Å². The molecule has 1 aliphatic heterocycles. The third-order valence-electron chi connectivity index (χ3n) is 2.54. The highest BCUT2D eigenvalue weighted by Gasteiger charge is 2.20. The summed E-state index contributed by atoms with van der Waals surface area (Å²) in [6.07, 6.45) is 3.59. The zero-order valence-corrected chi connectivity index (χ0v) is 9.36. The number of hydrogen-bond acceptors (Lipinski definition) is 5. The molecule has 5 nitrogen and oxygen atoms in total. The predicted octanol–water partition coefficient (Wildman–Crippen LogP) is 0.946. The van der Waals surface area contributed by atoms with Gasteiger partial charge in [0, 0.05) is 0 Å². The average molecular weight is 210 g/mol. The van der Waals surface area contributed by atoms with E-state index < -0.39 is 0 Å². The molecule has 0 aliphatic carbocycles. The van der Waals surface area contributed by atoms with Gasteiger partial charge in [0.15, 0.2) is 0 Å². The van der Waals surface area contributed by atoms with Gasteiger partial charge >= 0.3 is 0 Å². The molecule has 1 atom stereocenters. The highest BCUT2D eigenvalue weighted by atomic mass is 16.4. The molecule has 1 aromatic rings. The van der Waals surface area contributed by atoms with Crippen molar-refractivity contribution < 1.29 is 4.42 Å². The predicted molar refractivity (Wildman–Crippen MR) is 56.3 cm³/mol. The Bertz CT molecular complexity index is 304. The third-order valence-corrected chi connectivity index (χ3v) is 2.54. The van der Waals surface area contributed by atoms with Crippen LogP contribution >= 0.6 is 0 Å². The molecule has 0 radical (unpaired) electrons. The Labute approximate surface area is 89.9 Å². The van der Waals surface area contributed by atoms with Crippen LogP contribution in [0.25, 0.3) is 0 Å². The lowest BCUT2D eigenvalue weighted by Gasteiger charge is -2.19. The van der Waals surface area contributed by atoms with Crippen LogP contribution in [0.3, 0.4) is 0 Å². The second-order valence-corrected chi connectivity index (χ2v) is 4.27. The molecule has 0 saturated carbocycles. The second kappa shape index (κ2) is 4.72. The van der Waals surface area contributed by atoms with Crippen LogP contribution in [0, 0.1) is 0 Å². The molecule has 1 aromatic heterocycles. The van der Waals surface area contributed by atoms with E-state index in [9.17, 15) is 0 Å². The Morgan fingerprint density at radius 3 is 2.93 bits per heavy atom. The van der Waals surface area contributed by atoms with E-state index in [0.29, 0.717) is 12.4 Å². The van der Waals surface area contributed by atoms with Gasteiger partial charge in [-0.2, -0.15) is 0 Å². The lowest BCUT2D eigenvalue weighted by atomic mass is 10.1. The largest absolute Gasteiger partial charge is 0.422 e. The maximum absolute atomic E-state index is 5.61. The molecule has 5 heteroatoms. The fourth-order valence-electron chi connectivity index (χ4n) is 1.80. The summed E-state index contributed by atoms with van der Waals surface area (Å²) >= 11 is 0. The van der Waals surface area contributed by atoms with Crippen molar-refractivity contribution >= 4 is 0 Å². The van der Waals surface area contributed by atoms with Crippen LogP contribution in [0.2, 0.25) is 0 Å². The zero-order valence-electron chi connectivity index (χ0n) is 9.36. The van der Waals surface area contributed by atoms with Crippen molar-refractivity contribution in [1.82, 2.24) is 20.4 Å². The molecule has 1 N–H and O–H groups in total. The SMILES string of the molecule is CN(C)Cc1nnc(C2CCCCN2)o1. The molecule has 84 valence electrons. The molecule has 15 heavy (non-hydrogen) atoms. The molecule has 2 heterocycles. The maximum Gasteiger partial charge on any atom is 0.233 e. The van der Waals surface area contributed by atoms with Crippen molar-refractivity contribution in [3.63, 3.8) is 0 Å². The van der Waals surface area contributed by atoms with Crippen molar-refractivity contribution in [1.29, 1.82) is 0 Å². The average Bonchev–Trinajstić information content (AvgIpc) is 2.67. The van der Waals surface area contributed by atoms with Crippen LogP contribution in [-0.4, -0.2) is 35.7 Å². The molecule has 1 fully saturated rings. The van der Waals surface area contributed by atoms with Gasteiger partial charge in [0.05, 0.1) is 12.6 Å². The van der Waals surface area contributed by atoms with Gasteiger partial charge in [-0.15, -0.1) is 10.2 Å². The van der Waals surface area contributed by atoms with Gasteiger partial charge in [0.25, 0.3) is 0 Å². The van der Waals surface area contributed by atoms with Crippen molar-refractivity contribution in [2.75, 3.05) is 20.6 Å². The molecular formula is C10H18N4O. The van der Waals surface area contributed by atoms with Crippen LogP contribution in [-0.2, 0) is 6.54 Å². The lowest BCUT2D eigenvalue weighted by molar-refractivity contribution is 0.299. The Hall–Kier alpha value is -0.940. The quantitative estimate of drug-likeness (QED) is 0.805. The fourth-order valence-corrected chi connectivity index (χ4v) is 1.80. The number of rotatable bonds is 3. The van der Waals surface area contributed by atoms with E-state index in [1.807, 2.05) is 19.0 Å². The van der Waals surface area contributed by atoms with Gasteiger partial charge in [-0.25, -0.2) is 0 Å². The first-order valence-electron chi connectivity index (χ1n) is 5.46. The number of nitrogens with one attached hydrogen (secondary N) is 1. The molecule has 0 aromatic carbocycles. The van der Waals surface area contributed by atoms with E-state index in [-0.39, 0.29) is 6.04 Å². The van der Waals surface area contributed by atoms with E-state index in [1.165, 1.54) is 12.8 Å². The Kier molecular flexibility index (Phi) is 3.33. The summed E-state index contributed by atoms with van der Waals surface area (Å²) in [5.74, 6) is 1.44. The van der Waals surface area contributed by atoms with E-state index >= 15 is 0 Å². The van der Waals surface area contributed by atoms with Gasteiger partial charge in [-0.3, -0.25) is 0 Å². The van der Waals surface area contributed by atoms with Crippen molar-refractivity contribution in [3.8, 4) is 0 Å². The molecular weight excluding hydrogens is 192 g/mol. The molecule has 1 saturated heterocycles. The van der Waals surface area contributed by atoms with Crippen LogP contribution in [0.15, 0.2) is 4.42 Å². The maximum atomic E-state index is 5.61. The van der Waals surface area contributed by atoms with Crippen molar-refractivity contribution in [2.24, 2.45) is 0 Å². The van der Waals surface area contributed by atoms with Crippen LogP contribution < -0.4 is 5.32 Å². The van der Waals surface area contributed by atoms with Gasteiger partial charge in [-0.1, -0.05) is 6.42 Å². The number of hydrogen-bond donors (Lipinski definition) is 1. The Morgan fingerprint density at radius 2 is 2.27 bits per heavy atom. The minimum absolute atomic E-state index is 0.266. The molecule has 1 aliphatic rings. The summed E-state index contributed by atoms with van der Waals surface area (Å²) < 4.78 is 5.61. The molecule has 0 bridgehead atoms. The highest BCUT2D eigenvalue weighted by molar-refractivity contribution is 4.91. The van der Waals surface area contributed by atoms with Gasteiger partial charge in [0.2, 0.25) is 11.8 Å². The van der Waals surface area contributed by atoms with E-state index in [1.54, 1.807) is 0 Å². The summed E-state index contributed by atoms with van der Waals surface area (Å²) in [5, 5.41) is 11.5. The number of aromatic nitrogens is 2. The lowest BCUT2D eigenvalue weighted by Crippen LogP contribution is -2.26. The zero-order chi connectivity index (χ0) is 10.7. The van der Waals surface area contributed by atoms with Crippen LogP contribution in [0.5, 0.6) is 0 Å². The molecule has 0 spiro atoms. The third kappa shape index (κ3) is 2.76. The van der Waals surface area contributed by atoms with E-state index in [2.05, 4.69) is 15.5 Å². The number of piperidine rings is 1. The summed E-state index contributed by atoms with van der Waals surface area (Å²) in [6.45, 7) is 1.76. The normalized spacial score (nSPS) is 22.2. The Balaban J connectivity index is 1.99. The minimum Gasteiger partial charge on any atom is -0.422 e. The summed E-state index contributed by atoms with van der Waals surface area (Å²) in [7, 11) is 3.98. The summed E-state index contributed by atoms with van der Waals surface area (Å²) in [4.78, 5) is 2.02. The number of nitrogens with zero attached hydrogens (tertiary/aromatic N) is 3. The molecule has 2 rings (SSSR count). The first kappa shape index (κ1) is 10.6.